The average Bonchev–Trinajstić information content (AvgIpc) is 2.40. The van der Waals surface area contributed by atoms with Crippen LogP contribution in [-0.2, 0) is 0 Å². The molecular formula is C14H10BiO6. The number of carbonyl (C=O) groups excluding carboxylic acids is 2. The molecule has 0 aliphatic heterocycles. The Kier molecular flexibility index (Phi) is 8.01. The van der Waals surface area contributed by atoms with Crippen LogP contribution < -0.4 is 10.2 Å². The van der Waals surface area contributed by atoms with Gasteiger partial charge in [0.05, 0.1) is 11.9 Å². The molecule has 0 unspecified atom stereocenters. The smallest absolute Gasteiger partial charge is 0.545 e. The third-order valence-electron chi connectivity index (χ3n) is 2.25. The van der Waals surface area contributed by atoms with Crippen LogP contribution in [0.25, 0.3) is 0 Å². The van der Waals surface area contributed by atoms with E-state index in [4.69, 9.17) is 10.2 Å². The van der Waals surface area contributed by atoms with E-state index < -0.39 is 11.9 Å². The molecular weight excluding hydrogens is 473 g/mol. The minimum Gasteiger partial charge on any atom is -0.545 e. The van der Waals surface area contributed by atoms with Gasteiger partial charge in [0.1, 0.15) is 11.5 Å². The van der Waals surface area contributed by atoms with Gasteiger partial charge in [-0.1, -0.05) is 24.3 Å². The largest absolute Gasteiger partial charge is 2.00 e. The summed E-state index contributed by atoms with van der Waals surface area (Å²) in [4.78, 5) is 20.3. The van der Waals surface area contributed by atoms with Crippen LogP contribution in [-0.4, -0.2) is 48.4 Å². The summed E-state index contributed by atoms with van der Waals surface area (Å²) in [5.74, 6) is -3.25. The monoisotopic (exact) mass is 483 g/mol. The average molecular weight is 483 g/mol. The van der Waals surface area contributed by atoms with E-state index in [-0.39, 0.29) is 48.8 Å². The Balaban J connectivity index is 0.000000364. The normalized spacial score (nSPS) is 8.76. The van der Waals surface area contributed by atoms with Crippen LogP contribution in [0.5, 0.6) is 11.5 Å². The maximum absolute atomic E-state index is 10.2. The van der Waals surface area contributed by atoms with Crippen molar-refractivity contribution in [1.82, 2.24) is 0 Å². The molecule has 0 aliphatic carbocycles. The second kappa shape index (κ2) is 8.92. The summed E-state index contributed by atoms with van der Waals surface area (Å²) >= 11 is 0. The van der Waals surface area contributed by atoms with E-state index in [2.05, 4.69) is 0 Å². The molecule has 0 fully saturated rings. The summed E-state index contributed by atoms with van der Waals surface area (Å²) in [5.41, 5.74) is -0.356. The Hall–Kier alpha value is -2.14. The number of hydrogen-bond donors (Lipinski definition) is 2. The number of para-hydroxylation sites is 2. The van der Waals surface area contributed by atoms with E-state index in [1.165, 1.54) is 36.4 Å². The molecule has 2 aromatic rings. The molecule has 0 bridgehead atoms. The molecule has 0 aromatic heterocycles. The maximum Gasteiger partial charge on any atom is 2.00 e. The number of aromatic hydroxyl groups is 2. The standard InChI is InChI=1S/2C7H6O3.Bi/c2*8-6-4-2-1-3-5(6)7(9)10;/h2*1-4,8H,(H,9,10);/q;;+2/p-2. The number of aromatic carboxylic acids is 2. The van der Waals surface area contributed by atoms with E-state index in [0.717, 1.165) is 0 Å². The Morgan fingerprint density at radius 2 is 1.00 bits per heavy atom. The van der Waals surface area contributed by atoms with Gasteiger partial charge in [-0.25, -0.2) is 0 Å². The third-order valence-corrected chi connectivity index (χ3v) is 2.25. The van der Waals surface area contributed by atoms with Crippen LogP contribution in [0.1, 0.15) is 20.7 Å². The Morgan fingerprint density at radius 3 is 1.19 bits per heavy atom. The molecule has 2 N–H and O–H groups in total. The molecule has 0 aliphatic rings. The van der Waals surface area contributed by atoms with Crippen molar-refractivity contribution in [1.29, 1.82) is 0 Å². The quantitative estimate of drug-likeness (QED) is 0.537. The van der Waals surface area contributed by atoms with E-state index in [9.17, 15) is 19.8 Å². The maximum atomic E-state index is 10.2. The summed E-state index contributed by atoms with van der Waals surface area (Å²) in [6, 6.07) is 11.3. The zero-order valence-corrected chi connectivity index (χ0v) is 14.1. The van der Waals surface area contributed by atoms with Crippen molar-refractivity contribution in [3.05, 3.63) is 59.7 Å². The molecule has 107 valence electrons. The molecule has 0 amide bonds. The molecule has 0 saturated heterocycles. The van der Waals surface area contributed by atoms with Crippen molar-refractivity contribution in [2.75, 3.05) is 0 Å². The Bertz CT molecular complexity index is 571. The minimum absolute atomic E-state index is 0. The van der Waals surface area contributed by atoms with Gasteiger partial charge in [0, 0.05) is 11.1 Å². The number of carbonyl (C=O) groups is 2. The topological polar surface area (TPSA) is 121 Å². The SMILES string of the molecule is O=C([O-])c1ccccc1O.O=C([O-])c1ccccc1O.[Bi+2]. The number of benzene rings is 2. The van der Waals surface area contributed by atoms with Crippen molar-refractivity contribution in [2.45, 2.75) is 0 Å². The fourth-order valence-electron chi connectivity index (χ4n) is 1.29. The molecule has 0 atom stereocenters. The second-order valence-corrected chi connectivity index (χ2v) is 3.61. The third kappa shape index (κ3) is 5.79. The molecule has 21 heavy (non-hydrogen) atoms. The number of carboxylic acid groups (broad SMARTS) is 2. The second-order valence-electron chi connectivity index (χ2n) is 3.61. The first-order chi connectivity index (χ1) is 9.43. The molecule has 2 rings (SSSR count). The molecule has 2 aromatic carbocycles. The van der Waals surface area contributed by atoms with E-state index >= 15 is 0 Å². The van der Waals surface area contributed by atoms with Crippen molar-refractivity contribution in [3.63, 3.8) is 0 Å². The van der Waals surface area contributed by atoms with Gasteiger partial charge in [-0.05, 0) is 24.3 Å². The molecule has 7 heteroatoms. The van der Waals surface area contributed by atoms with E-state index in [0.29, 0.717) is 0 Å². The van der Waals surface area contributed by atoms with Gasteiger partial charge >= 0.3 is 26.2 Å². The van der Waals surface area contributed by atoms with E-state index in [1.54, 1.807) is 12.1 Å². The molecule has 0 saturated carbocycles. The number of rotatable bonds is 2. The van der Waals surface area contributed by atoms with Crippen LogP contribution in [0.4, 0.5) is 0 Å². The van der Waals surface area contributed by atoms with Crippen molar-refractivity contribution in [2.24, 2.45) is 0 Å². The summed E-state index contributed by atoms with van der Waals surface area (Å²) in [5, 5.41) is 38.0. The summed E-state index contributed by atoms with van der Waals surface area (Å²) in [6.07, 6.45) is 0. The first-order valence-electron chi connectivity index (χ1n) is 5.42. The molecule has 3 radical (unpaired) electrons. The number of hydrogen-bond acceptors (Lipinski definition) is 6. The van der Waals surface area contributed by atoms with E-state index in [1.807, 2.05) is 0 Å². The van der Waals surface area contributed by atoms with Crippen LogP contribution in [0, 0.1) is 0 Å². The fourth-order valence-corrected chi connectivity index (χ4v) is 1.29. The van der Waals surface area contributed by atoms with Crippen molar-refractivity contribution >= 4 is 38.1 Å². The van der Waals surface area contributed by atoms with Gasteiger partial charge in [0.25, 0.3) is 0 Å². The van der Waals surface area contributed by atoms with Gasteiger partial charge in [0.2, 0.25) is 0 Å². The first-order valence-corrected chi connectivity index (χ1v) is 5.42. The van der Waals surface area contributed by atoms with Gasteiger partial charge in [-0.3, -0.25) is 0 Å². The van der Waals surface area contributed by atoms with Crippen molar-refractivity contribution < 1.29 is 30.0 Å². The van der Waals surface area contributed by atoms with Gasteiger partial charge in [-0.2, -0.15) is 0 Å². The Labute approximate surface area is 139 Å². The van der Waals surface area contributed by atoms with Gasteiger partial charge < -0.3 is 30.0 Å². The zero-order chi connectivity index (χ0) is 15.1. The van der Waals surface area contributed by atoms with Crippen molar-refractivity contribution in [3.8, 4) is 11.5 Å². The predicted octanol–water partition coefficient (Wildman–Crippen LogP) is -0.869. The summed E-state index contributed by atoms with van der Waals surface area (Å²) in [7, 11) is 0. The van der Waals surface area contributed by atoms with Crippen LogP contribution >= 0.6 is 0 Å². The molecule has 6 nitrogen and oxygen atoms in total. The van der Waals surface area contributed by atoms with Gasteiger partial charge in [0.15, 0.2) is 0 Å². The predicted molar refractivity (Wildman–Crippen MR) is 70.6 cm³/mol. The minimum atomic E-state index is -1.36. The van der Waals surface area contributed by atoms with Crippen LogP contribution in [0.15, 0.2) is 48.5 Å². The molecule has 0 spiro atoms. The zero-order valence-electron chi connectivity index (χ0n) is 10.6. The number of carboxylic acids is 2. The van der Waals surface area contributed by atoms with Crippen LogP contribution in [0.3, 0.4) is 0 Å². The fraction of sp³-hybridized carbons (Fsp3) is 0. The first kappa shape index (κ1) is 18.9. The summed E-state index contributed by atoms with van der Waals surface area (Å²) < 4.78 is 0. The number of phenols is 2. The Morgan fingerprint density at radius 1 is 0.714 bits per heavy atom. The summed E-state index contributed by atoms with van der Waals surface area (Å²) in [6.45, 7) is 0. The van der Waals surface area contributed by atoms with Gasteiger partial charge in [-0.15, -0.1) is 0 Å². The molecule has 0 heterocycles. The van der Waals surface area contributed by atoms with Crippen LogP contribution in [0.2, 0.25) is 0 Å².